The van der Waals surface area contributed by atoms with Gasteiger partial charge in [-0.25, -0.2) is 9.97 Å². The highest BCUT2D eigenvalue weighted by molar-refractivity contribution is 5.73. The molecule has 2 aromatic carbocycles. The number of aliphatic hydroxyl groups excluding tert-OH is 1. The molecule has 3 heterocycles. The van der Waals surface area contributed by atoms with E-state index in [0.29, 0.717) is 22.9 Å². The molecule has 3 aromatic heterocycles. The molecule has 0 fully saturated rings. The second-order valence-electron chi connectivity index (χ2n) is 6.30. The van der Waals surface area contributed by atoms with E-state index in [4.69, 9.17) is 4.42 Å². The van der Waals surface area contributed by atoms with Gasteiger partial charge in [-0.15, -0.1) is 5.10 Å². The minimum Gasteiger partial charge on any atom is -0.444 e. The van der Waals surface area contributed by atoms with Crippen LogP contribution in [0.15, 0.2) is 71.7 Å². The Labute approximate surface area is 164 Å². The standard InChI is InChI=1S/C20H15N7O2/c28-11-13-3-1-6-16(7-13)27-19-17(25-26-27)9-22-20(24-19)23-15-5-2-4-14(8-15)18-10-21-12-29-18/h1-10,12,28H,11H2,(H,22,23,24). The number of aliphatic hydroxyl groups is 1. The third kappa shape index (κ3) is 3.30. The second kappa shape index (κ2) is 7.13. The Morgan fingerprint density at radius 2 is 2.00 bits per heavy atom. The van der Waals surface area contributed by atoms with Crippen LogP contribution in [0.4, 0.5) is 11.6 Å². The molecule has 9 nitrogen and oxygen atoms in total. The number of hydrogen-bond acceptors (Lipinski definition) is 8. The molecular formula is C20H15N7O2. The van der Waals surface area contributed by atoms with Crippen LogP contribution >= 0.6 is 0 Å². The minimum atomic E-state index is -0.0518. The Morgan fingerprint density at radius 1 is 1.07 bits per heavy atom. The Bertz CT molecular complexity index is 1280. The molecule has 0 radical (unpaired) electrons. The van der Waals surface area contributed by atoms with Crippen molar-refractivity contribution in [3.8, 4) is 17.0 Å². The maximum absolute atomic E-state index is 9.38. The van der Waals surface area contributed by atoms with E-state index < -0.39 is 0 Å². The summed E-state index contributed by atoms with van der Waals surface area (Å²) in [6.07, 6.45) is 4.67. The van der Waals surface area contributed by atoms with E-state index in [2.05, 4.69) is 30.6 Å². The van der Waals surface area contributed by atoms with Gasteiger partial charge in [-0.2, -0.15) is 9.67 Å². The number of aromatic nitrogens is 6. The zero-order chi connectivity index (χ0) is 19.6. The number of nitrogens with zero attached hydrogens (tertiary/aromatic N) is 6. The van der Waals surface area contributed by atoms with E-state index in [9.17, 15) is 5.11 Å². The Morgan fingerprint density at radius 3 is 2.86 bits per heavy atom. The van der Waals surface area contributed by atoms with Crippen molar-refractivity contribution in [2.75, 3.05) is 5.32 Å². The summed E-state index contributed by atoms with van der Waals surface area (Å²) >= 11 is 0. The molecular weight excluding hydrogens is 370 g/mol. The molecule has 0 saturated heterocycles. The molecule has 2 N–H and O–H groups in total. The average Bonchev–Trinajstić information content (AvgIpc) is 3.44. The lowest BCUT2D eigenvalue weighted by atomic mass is 10.1. The van der Waals surface area contributed by atoms with E-state index in [1.807, 2.05) is 48.5 Å². The quantitative estimate of drug-likeness (QED) is 0.474. The molecule has 0 aliphatic rings. The van der Waals surface area contributed by atoms with Gasteiger partial charge in [0.15, 0.2) is 23.3 Å². The second-order valence-corrected chi connectivity index (χ2v) is 6.30. The lowest BCUT2D eigenvalue weighted by Crippen LogP contribution is -2.02. The summed E-state index contributed by atoms with van der Waals surface area (Å²) in [5.41, 5.74) is 4.36. The van der Waals surface area contributed by atoms with E-state index in [0.717, 1.165) is 22.5 Å². The van der Waals surface area contributed by atoms with Crippen LogP contribution in [0.1, 0.15) is 5.56 Å². The summed E-state index contributed by atoms with van der Waals surface area (Å²) in [5.74, 6) is 1.09. The SMILES string of the molecule is OCc1cccc(-n2nnc3cnc(Nc4cccc(-c5cnco5)c4)nc32)c1. The highest BCUT2D eigenvalue weighted by Crippen LogP contribution is 2.24. The van der Waals surface area contributed by atoms with Crippen molar-refractivity contribution >= 4 is 22.8 Å². The lowest BCUT2D eigenvalue weighted by Gasteiger charge is -2.07. The molecule has 0 atom stereocenters. The molecule has 0 bridgehead atoms. The topological polar surface area (TPSA) is 115 Å². The van der Waals surface area contributed by atoms with Crippen molar-refractivity contribution in [2.45, 2.75) is 6.61 Å². The van der Waals surface area contributed by atoms with Gasteiger partial charge in [0.25, 0.3) is 0 Å². The van der Waals surface area contributed by atoms with Crippen LogP contribution in [0.25, 0.3) is 28.2 Å². The summed E-state index contributed by atoms with van der Waals surface area (Å²) in [4.78, 5) is 12.8. The van der Waals surface area contributed by atoms with E-state index in [1.165, 1.54) is 6.39 Å². The van der Waals surface area contributed by atoms with Gasteiger partial charge in [-0.05, 0) is 29.8 Å². The van der Waals surface area contributed by atoms with E-state index in [-0.39, 0.29) is 6.61 Å². The van der Waals surface area contributed by atoms with Crippen molar-refractivity contribution in [2.24, 2.45) is 0 Å². The van der Waals surface area contributed by atoms with Crippen LogP contribution in [0.2, 0.25) is 0 Å². The molecule has 9 heteroatoms. The molecule has 5 rings (SSSR count). The summed E-state index contributed by atoms with van der Waals surface area (Å²) in [6.45, 7) is -0.0518. The summed E-state index contributed by atoms with van der Waals surface area (Å²) < 4.78 is 6.97. The van der Waals surface area contributed by atoms with Crippen molar-refractivity contribution in [3.63, 3.8) is 0 Å². The monoisotopic (exact) mass is 385 g/mol. The lowest BCUT2D eigenvalue weighted by molar-refractivity contribution is 0.282. The van der Waals surface area contributed by atoms with Crippen LogP contribution in [0, 0.1) is 0 Å². The Balaban J connectivity index is 1.50. The molecule has 0 spiro atoms. The van der Waals surface area contributed by atoms with Crippen LogP contribution in [-0.2, 0) is 6.61 Å². The molecule has 5 aromatic rings. The van der Waals surface area contributed by atoms with Crippen LogP contribution in [-0.4, -0.2) is 35.1 Å². The Hall–Kier alpha value is -4.11. The molecule has 0 amide bonds. The van der Waals surface area contributed by atoms with Gasteiger partial charge in [0.2, 0.25) is 5.95 Å². The fourth-order valence-electron chi connectivity index (χ4n) is 2.99. The maximum atomic E-state index is 9.38. The van der Waals surface area contributed by atoms with Gasteiger partial charge >= 0.3 is 0 Å². The first-order chi connectivity index (χ1) is 14.3. The zero-order valence-corrected chi connectivity index (χ0v) is 15.1. The van der Waals surface area contributed by atoms with Gasteiger partial charge in [-0.1, -0.05) is 29.5 Å². The predicted octanol–water partition coefficient (Wildman–Crippen LogP) is 3.10. The number of rotatable bonds is 5. The molecule has 0 unspecified atom stereocenters. The van der Waals surface area contributed by atoms with Gasteiger partial charge in [0, 0.05) is 11.3 Å². The Kier molecular flexibility index (Phi) is 4.19. The summed E-state index contributed by atoms with van der Waals surface area (Å²) in [6, 6.07) is 15.1. The minimum absolute atomic E-state index is 0.0518. The molecule has 0 aliphatic carbocycles. The fourth-order valence-corrected chi connectivity index (χ4v) is 2.99. The van der Waals surface area contributed by atoms with Crippen molar-refractivity contribution < 1.29 is 9.52 Å². The van der Waals surface area contributed by atoms with Gasteiger partial charge in [-0.3, -0.25) is 0 Å². The number of benzene rings is 2. The van der Waals surface area contributed by atoms with Crippen LogP contribution in [0.5, 0.6) is 0 Å². The zero-order valence-electron chi connectivity index (χ0n) is 15.1. The van der Waals surface area contributed by atoms with Gasteiger partial charge < -0.3 is 14.8 Å². The van der Waals surface area contributed by atoms with E-state index in [1.54, 1.807) is 17.1 Å². The van der Waals surface area contributed by atoms with Gasteiger partial charge in [0.1, 0.15) is 0 Å². The van der Waals surface area contributed by atoms with Crippen molar-refractivity contribution in [1.82, 2.24) is 29.9 Å². The number of fused-ring (bicyclic) bond motifs is 1. The predicted molar refractivity (Wildman–Crippen MR) is 106 cm³/mol. The number of nitrogens with one attached hydrogen (secondary N) is 1. The van der Waals surface area contributed by atoms with Crippen molar-refractivity contribution in [3.05, 3.63) is 72.9 Å². The molecule has 29 heavy (non-hydrogen) atoms. The van der Waals surface area contributed by atoms with Gasteiger partial charge in [0.05, 0.1) is 24.7 Å². The van der Waals surface area contributed by atoms with Crippen LogP contribution < -0.4 is 5.32 Å². The third-order valence-corrected chi connectivity index (χ3v) is 4.37. The third-order valence-electron chi connectivity index (χ3n) is 4.37. The average molecular weight is 385 g/mol. The van der Waals surface area contributed by atoms with Crippen LogP contribution in [0.3, 0.4) is 0 Å². The molecule has 0 saturated carbocycles. The number of oxazole rings is 1. The highest BCUT2D eigenvalue weighted by atomic mass is 16.3. The normalized spacial score (nSPS) is 11.1. The molecule has 142 valence electrons. The maximum Gasteiger partial charge on any atom is 0.229 e. The fraction of sp³-hybridized carbons (Fsp3) is 0.0500. The highest BCUT2D eigenvalue weighted by Gasteiger charge is 2.11. The summed E-state index contributed by atoms with van der Waals surface area (Å²) in [5, 5.41) is 20.9. The first kappa shape index (κ1) is 17.0. The molecule has 0 aliphatic heterocycles. The first-order valence-electron chi connectivity index (χ1n) is 8.85. The van der Waals surface area contributed by atoms with Crippen molar-refractivity contribution in [1.29, 1.82) is 0 Å². The number of hydrogen-bond donors (Lipinski definition) is 2. The first-order valence-corrected chi connectivity index (χ1v) is 8.85. The smallest absolute Gasteiger partial charge is 0.229 e. The largest absolute Gasteiger partial charge is 0.444 e. The summed E-state index contributed by atoms with van der Waals surface area (Å²) in [7, 11) is 0. The van der Waals surface area contributed by atoms with E-state index >= 15 is 0 Å². The number of anilines is 2.